The molecule has 3 rings (SSSR count). The average Bonchev–Trinajstić information content (AvgIpc) is 3.04. The number of hydrogen-bond acceptors (Lipinski definition) is 11. The summed E-state index contributed by atoms with van der Waals surface area (Å²) in [7, 11) is -10.6. The van der Waals surface area contributed by atoms with Gasteiger partial charge in [0.2, 0.25) is 5.95 Å². The lowest BCUT2D eigenvalue weighted by molar-refractivity contribution is -0.0560. The summed E-state index contributed by atoms with van der Waals surface area (Å²) in [5.74, 6) is -0.285. The van der Waals surface area contributed by atoms with Crippen molar-refractivity contribution in [2.75, 3.05) is 18.1 Å². The number of aromatic nitrogens is 4. The Morgan fingerprint density at radius 1 is 1.34 bits per heavy atom. The third kappa shape index (κ3) is 4.40. The van der Waals surface area contributed by atoms with Gasteiger partial charge < -0.3 is 36.0 Å². The highest BCUT2D eigenvalue weighted by Crippen LogP contribution is 2.58. The Labute approximate surface area is 161 Å². The monoisotopic (exact) mass is 458 g/mol. The van der Waals surface area contributed by atoms with E-state index in [9.17, 15) is 19.1 Å². The molecule has 162 valence electrons. The van der Waals surface area contributed by atoms with Gasteiger partial charge in [-0.2, -0.15) is 14.3 Å². The fourth-order valence-electron chi connectivity index (χ4n) is 2.80. The molecule has 2 unspecified atom stereocenters. The lowest BCUT2D eigenvalue weighted by Crippen LogP contribution is -2.40. The zero-order chi connectivity index (χ0) is 21.8. The van der Waals surface area contributed by atoms with E-state index in [-0.39, 0.29) is 22.9 Å². The maximum Gasteiger partial charge on any atom is 0.481 e. The molecule has 0 bridgehead atoms. The van der Waals surface area contributed by atoms with Crippen LogP contribution in [0.3, 0.4) is 0 Å². The molecule has 18 heteroatoms. The quantitative estimate of drug-likeness (QED) is 0.291. The van der Waals surface area contributed by atoms with Crippen LogP contribution in [0.4, 0.5) is 16.2 Å². The minimum atomic E-state index is -5.34. The molecule has 1 aliphatic rings. The molecule has 2 aromatic heterocycles. The van der Waals surface area contributed by atoms with Crippen molar-refractivity contribution >= 4 is 38.6 Å². The molecule has 5 atom stereocenters. The van der Waals surface area contributed by atoms with Gasteiger partial charge in [0, 0.05) is 0 Å². The average molecular weight is 458 g/mol. The number of nitrogens with two attached hydrogens (primary N) is 2. The largest absolute Gasteiger partial charge is 0.481 e. The Hall–Kier alpha value is -1.74. The highest BCUT2D eigenvalue weighted by Gasteiger charge is 2.56. The van der Waals surface area contributed by atoms with Gasteiger partial charge in [-0.3, -0.25) is 9.09 Å². The minimum absolute atomic E-state index is 0.00954. The van der Waals surface area contributed by atoms with Crippen molar-refractivity contribution in [2.45, 2.75) is 31.0 Å². The Balaban J connectivity index is 1.85. The molecule has 1 aliphatic heterocycles. The van der Waals surface area contributed by atoms with Crippen LogP contribution in [0.25, 0.3) is 11.2 Å². The van der Waals surface area contributed by atoms with Crippen LogP contribution in [0.5, 0.6) is 0 Å². The first-order valence-corrected chi connectivity index (χ1v) is 10.8. The zero-order valence-corrected chi connectivity index (χ0v) is 16.4. The molecule has 29 heavy (non-hydrogen) atoms. The van der Waals surface area contributed by atoms with Crippen LogP contribution in [0, 0.1) is 0 Å². The number of halogens is 1. The van der Waals surface area contributed by atoms with Crippen LogP contribution < -0.4 is 11.5 Å². The molecule has 1 saturated heterocycles. The van der Waals surface area contributed by atoms with Crippen LogP contribution >= 0.6 is 15.6 Å². The predicted molar refractivity (Wildman–Crippen MR) is 92.5 cm³/mol. The van der Waals surface area contributed by atoms with Crippen molar-refractivity contribution in [3.05, 3.63) is 6.33 Å². The van der Waals surface area contributed by atoms with Crippen LogP contribution in [0.15, 0.2) is 6.33 Å². The first kappa shape index (κ1) is 22.0. The van der Waals surface area contributed by atoms with E-state index in [0.717, 1.165) is 17.8 Å². The van der Waals surface area contributed by atoms with E-state index in [1.54, 1.807) is 0 Å². The normalized spacial score (nSPS) is 29.9. The van der Waals surface area contributed by atoms with Crippen LogP contribution in [-0.4, -0.2) is 63.8 Å². The van der Waals surface area contributed by atoms with Gasteiger partial charge in [0.05, 0.1) is 12.9 Å². The Bertz CT molecular complexity index is 1030. The number of anilines is 2. The molecule has 0 aromatic carbocycles. The summed E-state index contributed by atoms with van der Waals surface area (Å²) in [5, 5.41) is 10.2. The topological polar surface area (TPSA) is 238 Å². The molecule has 1 fully saturated rings. The van der Waals surface area contributed by atoms with Crippen molar-refractivity contribution in [3.8, 4) is 0 Å². The maximum atomic E-state index is 15.2. The molecule has 0 spiro atoms. The summed E-state index contributed by atoms with van der Waals surface area (Å²) in [6.07, 6.45) is -3.81. The second-order valence-electron chi connectivity index (χ2n) is 6.25. The number of alkyl halides is 1. The number of phosphoric ester groups is 1. The number of imidazole rings is 1. The first-order valence-electron chi connectivity index (χ1n) is 7.73. The summed E-state index contributed by atoms with van der Waals surface area (Å²) in [4.78, 5) is 38.1. The third-order valence-corrected chi connectivity index (χ3v) is 6.20. The first-order chi connectivity index (χ1) is 13.2. The van der Waals surface area contributed by atoms with Gasteiger partial charge in [0.25, 0.3) is 0 Å². The van der Waals surface area contributed by atoms with E-state index >= 15 is 4.39 Å². The number of fused-ring (bicyclic) bond motifs is 1. The fraction of sp³-hybridized carbons (Fsp3) is 0.545. The lowest BCUT2D eigenvalue weighted by atomic mass is 9.98. The van der Waals surface area contributed by atoms with Crippen LogP contribution in [0.2, 0.25) is 0 Å². The molecule has 0 saturated carbocycles. The second-order valence-corrected chi connectivity index (χ2v) is 9.08. The summed E-state index contributed by atoms with van der Waals surface area (Å²) >= 11 is 0. The Morgan fingerprint density at radius 2 is 2.00 bits per heavy atom. The van der Waals surface area contributed by atoms with Gasteiger partial charge >= 0.3 is 15.6 Å². The molecule has 0 radical (unpaired) electrons. The van der Waals surface area contributed by atoms with E-state index in [4.69, 9.17) is 26.0 Å². The number of nitrogen functional groups attached to an aromatic ring is 2. The van der Waals surface area contributed by atoms with E-state index in [2.05, 4.69) is 23.8 Å². The molecule has 15 nitrogen and oxygen atoms in total. The number of hydrogen-bond donors (Lipinski definition) is 6. The molecule has 3 heterocycles. The molecule has 2 aromatic rings. The highest BCUT2D eigenvalue weighted by molar-refractivity contribution is 7.60. The van der Waals surface area contributed by atoms with E-state index in [0.29, 0.717) is 0 Å². The van der Waals surface area contributed by atoms with Gasteiger partial charge in [0.1, 0.15) is 17.7 Å². The smallest absolute Gasteiger partial charge is 0.387 e. The molecule has 0 aliphatic carbocycles. The van der Waals surface area contributed by atoms with Gasteiger partial charge in [-0.1, -0.05) is 0 Å². The SMILES string of the molecule is C[C@@]1(F)C(O)[C@@H](COP(=O)(O)OP(=O)(O)O)O[C@H]1n1cnc2c(N)nc(N)nc21. The van der Waals surface area contributed by atoms with E-state index in [1.807, 2.05) is 0 Å². The van der Waals surface area contributed by atoms with Crippen molar-refractivity contribution in [1.82, 2.24) is 19.5 Å². The van der Waals surface area contributed by atoms with Crippen LogP contribution in [0.1, 0.15) is 13.2 Å². The number of nitrogens with zero attached hydrogens (tertiary/aromatic N) is 4. The second kappa shape index (κ2) is 7.19. The van der Waals surface area contributed by atoms with Gasteiger partial charge in [-0.15, -0.1) is 0 Å². The Kier molecular flexibility index (Phi) is 5.45. The molecular weight excluding hydrogens is 441 g/mol. The van der Waals surface area contributed by atoms with Crippen LogP contribution in [-0.2, 0) is 22.7 Å². The maximum absolute atomic E-state index is 15.2. The number of aliphatic hydroxyl groups is 1. The fourth-order valence-corrected chi connectivity index (χ4v) is 4.40. The van der Waals surface area contributed by atoms with Crippen molar-refractivity contribution in [3.63, 3.8) is 0 Å². The minimum Gasteiger partial charge on any atom is -0.387 e. The number of ether oxygens (including phenoxy) is 1. The van der Waals surface area contributed by atoms with E-state index in [1.165, 1.54) is 0 Å². The van der Waals surface area contributed by atoms with Crippen molar-refractivity contribution in [1.29, 1.82) is 0 Å². The summed E-state index contributed by atoms with van der Waals surface area (Å²) in [6, 6.07) is 0. The molecule has 0 amide bonds. The molecular formula is C11H17FN6O9P2. The van der Waals surface area contributed by atoms with Crippen molar-refractivity contribution < 1.29 is 46.9 Å². The molecule has 8 N–H and O–H groups in total. The highest BCUT2D eigenvalue weighted by atomic mass is 31.3. The van der Waals surface area contributed by atoms with Crippen molar-refractivity contribution in [2.24, 2.45) is 0 Å². The lowest BCUT2D eigenvalue weighted by Gasteiger charge is -2.24. The van der Waals surface area contributed by atoms with Gasteiger partial charge in [0.15, 0.2) is 23.4 Å². The Morgan fingerprint density at radius 3 is 2.62 bits per heavy atom. The zero-order valence-electron chi connectivity index (χ0n) is 14.6. The summed E-state index contributed by atoms with van der Waals surface area (Å²) in [6.45, 7) is 0.0591. The van der Waals surface area contributed by atoms with E-state index < -0.39 is 46.4 Å². The number of aliphatic hydroxyl groups excluding tert-OH is 1. The number of rotatable bonds is 6. The summed E-state index contributed by atoms with van der Waals surface area (Å²) in [5.41, 5.74) is 8.86. The summed E-state index contributed by atoms with van der Waals surface area (Å²) < 4.78 is 52.0. The van der Waals surface area contributed by atoms with Gasteiger partial charge in [-0.05, 0) is 6.92 Å². The third-order valence-electron chi connectivity index (χ3n) is 4.05. The standard InChI is InChI=1S/C11H17FN6O9P2/c1-11(12)6(19)4(2-25-29(23,24)27-28(20,21)22)26-9(11)18-3-15-5-7(13)16-10(14)17-8(5)18/h3-4,6,9,19H,2H2,1H3,(H,23,24)(H2,20,21,22)(H4,13,14,16,17)/t4-,6?,9-,11-/m1/s1. The predicted octanol–water partition coefficient (Wildman–Crippen LogP) is -0.797. The van der Waals surface area contributed by atoms with Gasteiger partial charge in [-0.25, -0.2) is 18.5 Å². The number of phosphoric acid groups is 2.